The van der Waals surface area contributed by atoms with Gasteiger partial charge < -0.3 is 10.0 Å². The second-order valence-corrected chi connectivity index (χ2v) is 6.24. The number of carboxylic acids is 1. The molecule has 0 spiro atoms. The highest BCUT2D eigenvalue weighted by molar-refractivity contribution is 5.85. The van der Waals surface area contributed by atoms with Crippen molar-refractivity contribution in [2.75, 3.05) is 4.90 Å². The van der Waals surface area contributed by atoms with E-state index in [-0.39, 0.29) is 0 Å². The van der Waals surface area contributed by atoms with Gasteiger partial charge in [0.05, 0.1) is 0 Å². The predicted molar refractivity (Wildman–Crippen MR) is 106 cm³/mol. The van der Waals surface area contributed by atoms with Crippen LogP contribution in [0.5, 0.6) is 0 Å². The molecule has 0 unspecified atom stereocenters. The monoisotopic (exact) mass is 361 g/mol. The molecule has 3 aromatic rings. The van der Waals surface area contributed by atoms with Gasteiger partial charge in [0.1, 0.15) is 5.82 Å². The van der Waals surface area contributed by atoms with E-state index in [1.807, 2.05) is 60.7 Å². The molecule has 0 aliphatic carbocycles. The Kier molecular flexibility index (Phi) is 6.00. The molecule has 3 nitrogen and oxygen atoms in total. The summed E-state index contributed by atoms with van der Waals surface area (Å²) in [6.07, 6.45) is 2.41. The Morgan fingerprint density at radius 3 is 1.96 bits per heavy atom. The Hall–Kier alpha value is -3.40. The van der Waals surface area contributed by atoms with E-state index in [1.165, 1.54) is 18.2 Å². The third-order valence-electron chi connectivity index (χ3n) is 4.12. The predicted octanol–water partition coefficient (Wildman–Crippen LogP) is 5.13. The largest absolute Gasteiger partial charge is 0.478 e. The maximum absolute atomic E-state index is 14.2. The number of nitrogens with zero attached hydrogens (tertiary/aromatic N) is 1. The summed E-state index contributed by atoms with van der Waals surface area (Å²) < 4.78 is 14.2. The molecule has 27 heavy (non-hydrogen) atoms. The number of anilines is 1. The second-order valence-electron chi connectivity index (χ2n) is 6.24. The van der Waals surface area contributed by atoms with Crippen LogP contribution in [0.2, 0.25) is 0 Å². The van der Waals surface area contributed by atoms with E-state index in [4.69, 9.17) is 5.11 Å². The van der Waals surface area contributed by atoms with Gasteiger partial charge in [0.25, 0.3) is 0 Å². The molecule has 0 atom stereocenters. The lowest BCUT2D eigenvalue weighted by Crippen LogP contribution is -2.22. The molecule has 0 amide bonds. The van der Waals surface area contributed by atoms with Gasteiger partial charge in [-0.2, -0.15) is 0 Å². The standard InChI is InChI=1S/C23H20FNO2/c24-21-13-20(11-12-23(26)27)14-22(15-21)25(16-18-7-3-1-4-8-18)17-19-9-5-2-6-10-19/h1-15H,16-17H2,(H,26,27). The molecule has 0 saturated heterocycles. The van der Waals surface area contributed by atoms with Gasteiger partial charge in [0.15, 0.2) is 0 Å². The van der Waals surface area contributed by atoms with Crippen LogP contribution in [-0.2, 0) is 17.9 Å². The quantitative estimate of drug-likeness (QED) is 0.593. The lowest BCUT2D eigenvalue weighted by Gasteiger charge is -2.26. The molecule has 0 heterocycles. The summed E-state index contributed by atoms with van der Waals surface area (Å²) in [5, 5.41) is 8.82. The SMILES string of the molecule is O=C(O)C=Cc1cc(F)cc(N(Cc2ccccc2)Cc2ccccc2)c1. The summed E-state index contributed by atoms with van der Waals surface area (Å²) in [4.78, 5) is 12.8. The van der Waals surface area contributed by atoms with E-state index in [2.05, 4.69) is 4.90 Å². The van der Waals surface area contributed by atoms with Crippen molar-refractivity contribution < 1.29 is 14.3 Å². The van der Waals surface area contributed by atoms with Crippen LogP contribution in [0.3, 0.4) is 0 Å². The third kappa shape index (κ3) is 5.54. The first kappa shape index (κ1) is 18.4. The van der Waals surface area contributed by atoms with Crippen LogP contribution in [0.4, 0.5) is 10.1 Å². The summed E-state index contributed by atoms with van der Waals surface area (Å²) >= 11 is 0. The molecule has 0 saturated carbocycles. The number of hydrogen-bond acceptors (Lipinski definition) is 2. The highest BCUT2D eigenvalue weighted by atomic mass is 19.1. The van der Waals surface area contributed by atoms with Gasteiger partial charge in [-0.1, -0.05) is 60.7 Å². The first-order valence-electron chi connectivity index (χ1n) is 8.64. The van der Waals surface area contributed by atoms with Crippen LogP contribution in [0.15, 0.2) is 84.9 Å². The minimum absolute atomic E-state index is 0.399. The van der Waals surface area contributed by atoms with Crippen LogP contribution in [0.1, 0.15) is 16.7 Å². The zero-order chi connectivity index (χ0) is 19.1. The van der Waals surface area contributed by atoms with Crippen LogP contribution in [0, 0.1) is 5.82 Å². The molecule has 0 aliphatic rings. The molecule has 0 aliphatic heterocycles. The molecule has 0 aromatic heterocycles. The van der Waals surface area contributed by atoms with Crippen molar-refractivity contribution in [3.05, 3.63) is 107 Å². The van der Waals surface area contributed by atoms with Crippen molar-refractivity contribution >= 4 is 17.7 Å². The van der Waals surface area contributed by atoms with Crippen LogP contribution in [-0.4, -0.2) is 11.1 Å². The Bertz CT molecular complexity index is 882. The molecule has 0 fully saturated rings. The Balaban J connectivity index is 1.95. The fourth-order valence-electron chi connectivity index (χ4n) is 2.89. The number of carboxylic acid groups (broad SMARTS) is 1. The van der Waals surface area contributed by atoms with Crippen molar-refractivity contribution in [3.8, 4) is 0 Å². The fourth-order valence-corrected chi connectivity index (χ4v) is 2.89. The third-order valence-corrected chi connectivity index (χ3v) is 4.12. The highest BCUT2D eigenvalue weighted by Crippen LogP contribution is 2.24. The number of aliphatic carboxylic acids is 1. The molecule has 3 aromatic carbocycles. The Morgan fingerprint density at radius 1 is 0.889 bits per heavy atom. The number of halogens is 1. The molecule has 136 valence electrons. The molecule has 4 heteroatoms. The van der Waals surface area contributed by atoms with E-state index in [1.54, 1.807) is 6.07 Å². The smallest absolute Gasteiger partial charge is 0.328 e. The number of hydrogen-bond donors (Lipinski definition) is 1. The van der Waals surface area contributed by atoms with E-state index in [0.29, 0.717) is 24.3 Å². The number of carbonyl (C=O) groups is 1. The molecule has 3 rings (SSSR count). The second kappa shape index (κ2) is 8.81. The molecule has 1 N–H and O–H groups in total. The lowest BCUT2D eigenvalue weighted by molar-refractivity contribution is -0.131. The van der Waals surface area contributed by atoms with Gasteiger partial charge in [0.2, 0.25) is 0 Å². The van der Waals surface area contributed by atoms with Gasteiger partial charge in [-0.15, -0.1) is 0 Å². The van der Waals surface area contributed by atoms with Gasteiger partial charge in [-0.3, -0.25) is 0 Å². The van der Waals surface area contributed by atoms with E-state index >= 15 is 0 Å². The molecule has 0 radical (unpaired) electrons. The maximum atomic E-state index is 14.2. The number of rotatable bonds is 7. The lowest BCUT2D eigenvalue weighted by atomic mass is 10.1. The summed E-state index contributed by atoms with van der Waals surface area (Å²) in [7, 11) is 0. The molecular formula is C23H20FNO2. The van der Waals surface area contributed by atoms with Crippen molar-refractivity contribution in [2.45, 2.75) is 13.1 Å². The first-order chi connectivity index (χ1) is 13.1. The number of benzene rings is 3. The van der Waals surface area contributed by atoms with Gasteiger partial charge >= 0.3 is 5.97 Å². The highest BCUT2D eigenvalue weighted by Gasteiger charge is 2.11. The van der Waals surface area contributed by atoms with Gasteiger partial charge in [0, 0.05) is 24.9 Å². The summed E-state index contributed by atoms with van der Waals surface area (Å²) in [5.74, 6) is -1.46. The summed E-state index contributed by atoms with van der Waals surface area (Å²) in [5.41, 5.74) is 3.44. The minimum Gasteiger partial charge on any atom is -0.478 e. The van der Waals surface area contributed by atoms with E-state index in [0.717, 1.165) is 17.2 Å². The zero-order valence-electron chi connectivity index (χ0n) is 14.8. The van der Waals surface area contributed by atoms with E-state index in [9.17, 15) is 9.18 Å². The first-order valence-corrected chi connectivity index (χ1v) is 8.64. The summed E-state index contributed by atoms with van der Waals surface area (Å²) in [6, 6.07) is 24.5. The average molecular weight is 361 g/mol. The average Bonchev–Trinajstić information content (AvgIpc) is 2.67. The Morgan fingerprint density at radius 2 is 1.44 bits per heavy atom. The topological polar surface area (TPSA) is 40.5 Å². The molecule has 0 bridgehead atoms. The Labute approximate surface area is 158 Å². The normalized spacial score (nSPS) is 10.9. The van der Waals surface area contributed by atoms with Crippen molar-refractivity contribution in [2.24, 2.45) is 0 Å². The van der Waals surface area contributed by atoms with Crippen LogP contribution >= 0.6 is 0 Å². The zero-order valence-corrected chi connectivity index (χ0v) is 14.8. The van der Waals surface area contributed by atoms with E-state index < -0.39 is 11.8 Å². The van der Waals surface area contributed by atoms with Crippen molar-refractivity contribution in [1.82, 2.24) is 0 Å². The van der Waals surface area contributed by atoms with Crippen LogP contribution < -0.4 is 4.90 Å². The minimum atomic E-state index is -1.06. The molecular weight excluding hydrogens is 341 g/mol. The summed E-state index contributed by atoms with van der Waals surface area (Å²) in [6.45, 7) is 1.22. The fraction of sp³-hybridized carbons (Fsp3) is 0.0870. The van der Waals surface area contributed by atoms with Crippen molar-refractivity contribution in [1.29, 1.82) is 0 Å². The van der Waals surface area contributed by atoms with Crippen molar-refractivity contribution in [3.63, 3.8) is 0 Å². The van der Waals surface area contributed by atoms with Gasteiger partial charge in [-0.05, 0) is 41.0 Å². The van der Waals surface area contributed by atoms with Gasteiger partial charge in [-0.25, -0.2) is 9.18 Å². The maximum Gasteiger partial charge on any atom is 0.328 e. The van der Waals surface area contributed by atoms with Crippen LogP contribution in [0.25, 0.3) is 6.08 Å².